The van der Waals surface area contributed by atoms with Gasteiger partial charge in [0, 0.05) is 11.8 Å². The SMILES string of the molecule is Cc1ccc(C)c(NC(=O)CN2C(=O)C(C)Oc3ccc([N+](=O)[O-])nc32)c1. The Balaban J connectivity index is 1.88. The van der Waals surface area contributed by atoms with Crippen LogP contribution in [0.3, 0.4) is 0 Å². The summed E-state index contributed by atoms with van der Waals surface area (Å²) in [6, 6.07) is 8.20. The molecule has 0 aliphatic carbocycles. The minimum Gasteiger partial charge on any atom is -0.475 e. The maximum absolute atomic E-state index is 12.5. The Morgan fingerprint density at radius 2 is 2.07 bits per heavy atom. The lowest BCUT2D eigenvalue weighted by Gasteiger charge is -2.29. The van der Waals surface area contributed by atoms with Crippen LogP contribution in [-0.4, -0.2) is 34.4 Å². The number of aromatic nitrogens is 1. The van der Waals surface area contributed by atoms with Crippen molar-refractivity contribution < 1.29 is 19.2 Å². The number of hydrogen-bond donors (Lipinski definition) is 1. The highest BCUT2D eigenvalue weighted by Gasteiger charge is 2.37. The summed E-state index contributed by atoms with van der Waals surface area (Å²) in [5, 5.41) is 13.8. The number of pyridine rings is 1. The van der Waals surface area contributed by atoms with Crippen molar-refractivity contribution in [3.05, 3.63) is 51.6 Å². The normalized spacial score (nSPS) is 15.7. The number of carbonyl (C=O) groups is 2. The van der Waals surface area contributed by atoms with Gasteiger partial charge in [-0.3, -0.25) is 14.5 Å². The molecule has 2 aromatic rings. The van der Waals surface area contributed by atoms with E-state index in [4.69, 9.17) is 4.74 Å². The average molecular weight is 370 g/mol. The van der Waals surface area contributed by atoms with E-state index in [1.807, 2.05) is 32.0 Å². The largest absolute Gasteiger partial charge is 0.475 e. The highest BCUT2D eigenvalue weighted by Crippen LogP contribution is 2.33. The second-order valence-electron chi connectivity index (χ2n) is 6.30. The van der Waals surface area contributed by atoms with Gasteiger partial charge in [0.15, 0.2) is 11.9 Å². The van der Waals surface area contributed by atoms with Crippen molar-refractivity contribution >= 4 is 29.1 Å². The van der Waals surface area contributed by atoms with Gasteiger partial charge in [-0.05, 0) is 53.9 Å². The Bertz CT molecular complexity index is 943. The molecule has 0 fully saturated rings. The third kappa shape index (κ3) is 3.71. The predicted octanol–water partition coefficient (Wildman–Crippen LogP) is 2.36. The van der Waals surface area contributed by atoms with Crippen molar-refractivity contribution in [1.82, 2.24) is 4.98 Å². The number of rotatable bonds is 4. The Morgan fingerprint density at radius 1 is 1.33 bits per heavy atom. The number of amides is 2. The molecule has 1 aromatic carbocycles. The van der Waals surface area contributed by atoms with Crippen LogP contribution in [0.2, 0.25) is 0 Å². The molecule has 0 saturated heterocycles. The summed E-state index contributed by atoms with van der Waals surface area (Å²) >= 11 is 0. The number of nitrogens with one attached hydrogen (secondary N) is 1. The number of benzene rings is 1. The van der Waals surface area contributed by atoms with Crippen LogP contribution in [0.1, 0.15) is 18.1 Å². The van der Waals surface area contributed by atoms with Crippen LogP contribution >= 0.6 is 0 Å². The molecule has 9 heteroatoms. The topological polar surface area (TPSA) is 115 Å². The molecule has 1 atom stereocenters. The first kappa shape index (κ1) is 18.3. The van der Waals surface area contributed by atoms with E-state index in [1.54, 1.807) is 6.92 Å². The molecule has 2 amide bonds. The van der Waals surface area contributed by atoms with Crippen LogP contribution in [0, 0.1) is 24.0 Å². The van der Waals surface area contributed by atoms with E-state index in [9.17, 15) is 19.7 Å². The highest BCUT2D eigenvalue weighted by molar-refractivity contribution is 6.05. The first-order chi connectivity index (χ1) is 12.8. The van der Waals surface area contributed by atoms with E-state index in [1.165, 1.54) is 12.1 Å². The lowest BCUT2D eigenvalue weighted by atomic mass is 10.1. The molecule has 140 valence electrons. The smallest absolute Gasteiger partial charge is 0.366 e. The van der Waals surface area contributed by atoms with E-state index < -0.39 is 28.7 Å². The molecular formula is C18H18N4O5. The van der Waals surface area contributed by atoms with Crippen molar-refractivity contribution in [3.8, 4) is 5.75 Å². The maximum Gasteiger partial charge on any atom is 0.366 e. The summed E-state index contributed by atoms with van der Waals surface area (Å²) < 4.78 is 5.44. The zero-order chi connectivity index (χ0) is 19.7. The van der Waals surface area contributed by atoms with Gasteiger partial charge in [0.2, 0.25) is 5.91 Å². The summed E-state index contributed by atoms with van der Waals surface area (Å²) in [5.74, 6) is -1.19. The van der Waals surface area contributed by atoms with Crippen LogP contribution in [-0.2, 0) is 9.59 Å². The first-order valence-corrected chi connectivity index (χ1v) is 8.27. The fraction of sp³-hybridized carbons (Fsp3) is 0.278. The first-order valence-electron chi connectivity index (χ1n) is 8.27. The molecule has 27 heavy (non-hydrogen) atoms. The molecule has 1 aliphatic rings. The number of hydrogen-bond acceptors (Lipinski definition) is 6. The molecule has 9 nitrogen and oxygen atoms in total. The molecule has 0 spiro atoms. The van der Waals surface area contributed by atoms with Gasteiger partial charge in [0.1, 0.15) is 6.54 Å². The Morgan fingerprint density at radius 3 is 2.78 bits per heavy atom. The summed E-state index contributed by atoms with van der Waals surface area (Å²) in [6.07, 6.45) is -0.825. The van der Waals surface area contributed by atoms with Gasteiger partial charge < -0.3 is 20.2 Å². The second-order valence-corrected chi connectivity index (χ2v) is 6.30. The van der Waals surface area contributed by atoms with Gasteiger partial charge in [-0.1, -0.05) is 12.1 Å². The number of nitro groups is 1. The molecule has 0 bridgehead atoms. The van der Waals surface area contributed by atoms with E-state index in [0.717, 1.165) is 16.0 Å². The van der Waals surface area contributed by atoms with Gasteiger partial charge in [-0.15, -0.1) is 0 Å². The number of anilines is 2. The molecule has 3 rings (SSSR count). The van der Waals surface area contributed by atoms with Crippen molar-refractivity contribution in [3.63, 3.8) is 0 Å². The number of fused-ring (bicyclic) bond motifs is 1. The maximum atomic E-state index is 12.5. The van der Waals surface area contributed by atoms with Gasteiger partial charge in [0.05, 0.1) is 0 Å². The minimum atomic E-state index is -0.825. The standard InChI is InChI=1S/C18H18N4O5/c1-10-4-5-11(2)13(8-10)19-16(23)9-21-17-14(27-12(3)18(21)24)6-7-15(20-17)22(25)26/h4-8,12H,9H2,1-3H3,(H,19,23). The summed E-state index contributed by atoms with van der Waals surface area (Å²) in [6.45, 7) is 4.97. The van der Waals surface area contributed by atoms with Crippen molar-refractivity contribution in [2.45, 2.75) is 26.9 Å². The lowest BCUT2D eigenvalue weighted by molar-refractivity contribution is -0.389. The van der Waals surface area contributed by atoms with Crippen molar-refractivity contribution in [2.24, 2.45) is 0 Å². The number of aryl methyl sites for hydroxylation is 2. The Kier molecular flexibility index (Phi) is 4.76. The van der Waals surface area contributed by atoms with Crippen LogP contribution in [0.4, 0.5) is 17.3 Å². The average Bonchev–Trinajstić information content (AvgIpc) is 2.61. The zero-order valence-corrected chi connectivity index (χ0v) is 15.1. The molecule has 2 heterocycles. The molecule has 1 aliphatic heterocycles. The second kappa shape index (κ2) is 7.02. The summed E-state index contributed by atoms with van der Waals surface area (Å²) in [4.78, 5) is 40.3. The van der Waals surface area contributed by atoms with Gasteiger partial charge in [-0.25, -0.2) is 0 Å². The van der Waals surface area contributed by atoms with Crippen molar-refractivity contribution in [1.29, 1.82) is 0 Å². The zero-order valence-electron chi connectivity index (χ0n) is 15.1. The fourth-order valence-electron chi connectivity index (χ4n) is 2.73. The Labute approximate surface area is 155 Å². The predicted molar refractivity (Wildman–Crippen MR) is 97.9 cm³/mol. The highest BCUT2D eigenvalue weighted by atomic mass is 16.6. The van der Waals surface area contributed by atoms with Gasteiger partial charge in [0.25, 0.3) is 11.7 Å². The quantitative estimate of drug-likeness (QED) is 0.653. The molecule has 1 N–H and O–H groups in total. The van der Waals surface area contributed by atoms with E-state index >= 15 is 0 Å². The molecule has 0 radical (unpaired) electrons. The van der Waals surface area contributed by atoms with Crippen LogP contribution in [0.5, 0.6) is 5.75 Å². The Hall–Kier alpha value is -3.49. The van der Waals surface area contributed by atoms with Crippen molar-refractivity contribution in [2.75, 3.05) is 16.8 Å². The molecule has 0 saturated carbocycles. The number of carbonyl (C=O) groups excluding carboxylic acids is 2. The van der Waals surface area contributed by atoms with Crippen LogP contribution in [0.25, 0.3) is 0 Å². The molecule has 1 aromatic heterocycles. The number of nitrogens with zero attached hydrogens (tertiary/aromatic N) is 3. The summed E-state index contributed by atoms with van der Waals surface area (Å²) in [7, 11) is 0. The van der Waals surface area contributed by atoms with E-state index in [-0.39, 0.29) is 18.1 Å². The number of ether oxygens (including phenoxy) is 1. The van der Waals surface area contributed by atoms with Crippen LogP contribution < -0.4 is 15.0 Å². The fourth-order valence-corrected chi connectivity index (χ4v) is 2.73. The van der Waals surface area contributed by atoms with E-state index in [0.29, 0.717) is 5.69 Å². The van der Waals surface area contributed by atoms with Crippen LogP contribution in [0.15, 0.2) is 30.3 Å². The van der Waals surface area contributed by atoms with E-state index in [2.05, 4.69) is 10.3 Å². The molecule has 1 unspecified atom stereocenters. The van der Waals surface area contributed by atoms with Gasteiger partial charge in [-0.2, -0.15) is 0 Å². The van der Waals surface area contributed by atoms with Gasteiger partial charge >= 0.3 is 5.82 Å². The molecular weight excluding hydrogens is 352 g/mol. The summed E-state index contributed by atoms with van der Waals surface area (Å²) in [5.41, 5.74) is 2.50. The third-order valence-corrected chi connectivity index (χ3v) is 4.15. The monoisotopic (exact) mass is 370 g/mol. The lowest BCUT2D eigenvalue weighted by Crippen LogP contribution is -2.48. The third-order valence-electron chi connectivity index (χ3n) is 4.15. The minimum absolute atomic E-state index is 0.0385.